The number of ether oxygens (including phenoxy) is 2. The molecule has 1 N–H and O–H groups in total. The Kier molecular flexibility index (Phi) is 6.60. The first-order valence-corrected chi connectivity index (χ1v) is 9.66. The summed E-state index contributed by atoms with van der Waals surface area (Å²) in [4.78, 5) is 17.6. The van der Waals surface area contributed by atoms with Gasteiger partial charge in [-0.2, -0.15) is 0 Å². The van der Waals surface area contributed by atoms with Gasteiger partial charge in [-0.25, -0.2) is 4.98 Å². The predicted octanol–water partition coefficient (Wildman–Crippen LogP) is 4.16. The fourth-order valence-electron chi connectivity index (χ4n) is 2.68. The number of rotatable bonds is 8. The molecule has 1 aromatic heterocycles. The van der Waals surface area contributed by atoms with E-state index in [2.05, 4.69) is 10.3 Å². The van der Waals surface area contributed by atoms with Gasteiger partial charge in [-0.1, -0.05) is 17.8 Å². The van der Waals surface area contributed by atoms with Gasteiger partial charge in [-0.3, -0.25) is 4.79 Å². The fourth-order valence-corrected chi connectivity index (χ4v) is 3.48. The van der Waals surface area contributed by atoms with E-state index in [0.717, 1.165) is 21.3 Å². The highest BCUT2D eigenvalue weighted by Crippen LogP contribution is 2.28. The maximum atomic E-state index is 12.3. The minimum absolute atomic E-state index is 0.0284. The lowest BCUT2D eigenvalue weighted by Gasteiger charge is -2.10. The van der Waals surface area contributed by atoms with Gasteiger partial charge in [-0.05, 0) is 48.4 Å². The van der Waals surface area contributed by atoms with Gasteiger partial charge in [0.05, 0.1) is 14.2 Å². The van der Waals surface area contributed by atoms with E-state index in [9.17, 15) is 4.79 Å². The molecule has 0 saturated carbocycles. The van der Waals surface area contributed by atoms with Crippen LogP contribution in [0.5, 0.6) is 11.5 Å². The topological polar surface area (TPSA) is 65.4 Å². The summed E-state index contributed by atoms with van der Waals surface area (Å²) in [5, 5.41) is 3.86. The number of anilines is 1. The molecular weight excluding hydrogens is 374 g/mol. The molecule has 1 heterocycles. The lowest BCUT2D eigenvalue weighted by atomic mass is 10.1. The Morgan fingerprint density at radius 3 is 2.50 bits per heavy atom. The molecule has 2 aromatic carbocycles. The Morgan fingerprint density at radius 2 is 1.86 bits per heavy atom. The average Bonchev–Trinajstić information content (AvgIpc) is 3.12. The van der Waals surface area contributed by atoms with Crippen LogP contribution in [0.25, 0.3) is 0 Å². The number of imidazole rings is 1. The second kappa shape index (κ2) is 9.32. The molecular formula is C21H23N3O3S. The summed E-state index contributed by atoms with van der Waals surface area (Å²) < 4.78 is 12.5. The number of nitrogens with one attached hydrogen (secondary N) is 1. The third-order valence-corrected chi connectivity index (χ3v) is 5.30. The molecule has 0 unspecified atom stereocenters. The van der Waals surface area contributed by atoms with Gasteiger partial charge in [0.15, 0.2) is 16.7 Å². The first-order valence-electron chi connectivity index (χ1n) is 8.85. The largest absolute Gasteiger partial charge is 0.493 e. The lowest BCUT2D eigenvalue weighted by Crippen LogP contribution is -2.12. The molecule has 0 aliphatic carbocycles. The summed E-state index contributed by atoms with van der Waals surface area (Å²) in [7, 11) is 5.16. The van der Waals surface area contributed by atoms with Gasteiger partial charge < -0.3 is 19.4 Å². The first-order chi connectivity index (χ1) is 13.6. The SMILES string of the molecule is COc1ccc(CCC(=O)Nc2ccc(Sc3nccn3C)cc2)cc1OC. The van der Waals surface area contributed by atoms with Crippen LogP contribution in [0.3, 0.4) is 0 Å². The fraction of sp³-hybridized carbons (Fsp3) is 0.238. The van der Waals surface area contributed by atoms with Crippen molar-refractivity contribution in [3.8, 4) is 11.5 Å². The lowest BCUT2D eigenvalue weighted by molar-refractivity contribution is -0.116. The molecule has 0 saturated heterocycles. The zero-order valence-electron chi connectivity index (χ0n) is 16.1. The van der Waals surface area contributed by atoms with E-state index in [0.29, 0.717) is 24.3 Å². The second-order valence-corrected chi connectivity index (χ2v) is 7.23. The number of carbonyl (C=O) groups is 1. The number of methoxy groups -OCH3 is 2. The van der Waals surface area contributed by atoms with Crippen molar-refractivity contribution in [2.75, 3.05) is 19.5 Å². The van der Waals surface area contributed by atoms with E-state index in [-0.39, 0.29) is 5.91 Å². The van der Waals surface area contributed by atoms with Crippen LogP contribution in [0, 0.1) is 0 Å². The standard InChI is InChI=1S/C21H23N3O3S/c1-24-13-12-22-21(24)28-17-8-6-16(7-9-17)23-20(25)11-5-15-4-10-18(26-2)19(14-15)27-3/h4,6-10,12-14H,5,11H2,1-3H3,(H,23,25). The molecule has 146 valence electrons. The van der Waals surface area contributed by atoms with Gasteiger partial charge in [-0.15, -0.1) is 0 Å². The quantitative estimate of drug-likeness (QED) is 0.618. The number of aryl methyl sites for hydroxylation is 2. The second-order valence-electron chi connectivity index (χ2n) is 6.18. The van der Waals surface area contributed by atoms with E-state index in [1.165, 1.54) is 0 Å². The van der Waals surface area contributed by atoms with E-state index in [1.54, 1.807) is 32.2 Å². The molecule has 6 nitrogen and oxygen atoms in total. The van der Waals surface area contributed by atoms with Crippen molar-refractivity contribution in [3.63, 3.8) is 0 Å². The maximum absolute atomic E-state index is 12.3. The van der Waals surface area contributed by atoms with Gasteiger partial charge in [0.2, 0.25) is 5.91 Å². The highest BCUT2D eigenvalue weighted by atomic mass is 32.2. The highest BCUT2D eigenvalue weighted by Gasteiger charge is 2.08. The van der Waals surface area contributed by atoms with Crippen LogP contribution < -0.4 is 14.8 Å². The first kappa shape index (κ1) is 19.8. The van der Waals surface area contributed by atoms with Gasteiger partial charge in [0.25, 0.3) is 0 Å². The third kappa shape index (κ3) is 5.07. The number of carbonyl (C=O) groups excluding carboxylic acids is 1. The summed E-state index contributed by atoms with van der Waals surface area (Å²) in [6.07, 6.45) is 4.70. The summed E-state index contributed by atoms with van der Waals surface area (Å²) >= 11 is 1.58. The monoisotopic (exact) mass is 397 g/mol. The summed E-state index contributed by atoms with van der Waals surface area (Å²) in [6.45, 7) is 0. The van der Waals surface area contributed by atoms with Crippen LogP contribution in [0.15, 0.2) is 64.9 Å². The van der Waals surface area contributed by atoms with Gasteiger partial charge >= 0.3 is 0 Å². The van der Waals surface area contributed by atoms with Crippen molar-refractivity contribution < 1.29 is 14.3 Å². The molecule has 0 spiro atoms. The van der Waals surface area contributed by atoms with E-state index < -0.39 is 0 Å². The normalized spacial score (nSPS) is 10.5. The third-order valence-electron chi connectivity index (χ3n) is 4.21. The summed E-state index contributed by atoms with van der Waals surface area (Å²) in [5.41, 5.74) is 1.80. The number of nitrogens with zero attached hydrogens (tertiary/aromatic N) is 2. The molecule has 0 bridgehead atoms. The zero-order valence-corrected chi connectivity index (χ0v) is 17.0. The van der Waals surface area contributed by atoms with Crippen LogP contribution in [0.2, 0.25) is 0 Å². The number of amides is 1. The molecule has 28 heavy (non-hydrogen) atoms. The molecule has 0 aliphatic rings. The van der Waals surface area contributed by atoms with Crippen molar-refractivity contribution in [2.45, 2.75) is 22.9 Å². The number of hydrogen-bond acceptors (Lipinski definition) is 5. The van der Waals surface area contributed by atoms with Crippen molar-refractivity contribution in [3.05, 3.63) is 60.4 Å². The van der Waals surface area contributed by atoms with Crippen LogP contribution >= 0.6 is 11.8 Å². The smallest absolute Gasteiger partial charge is 0.224 e. The minimum atomic E-state index is -0.0284. The molecule has 3 rings (SSSR count). The Morgan fingerprint density at radius 1 is 1.11 bits per heavy atom. The van der Waals surface area contributed by atoms with E-state index in [1.807, 2.05) is 60.3 Å². The minimum Gasteiger partial charge on any atom is -0.493 e. The Hall–Kier alpha value is -2.93. The van der Waals surface area contributed by atoms with Crippen LogP contribution in [0.4, 0.5) is 5.69 Å². The molecule has 1 amide bonds. The number of hydrogen-bond donors (Lipinski definition) is 1. The molecule has 0 aliphatic heterocycles. The van der Waals surface area contributed by atoms with Crippen molar-refractivity contribution >= 4 is 23.4 Å². The van der Waals surface area contributed by atoms with Crippen molar-refractivity contribution in [1.82, 2.24) is 9.55 Å². The average molecular weight is 398 g/mol. The van der Waals surface area contributed by atoms with E-state index >= 15 is 0 Å². The molecule has 3 aromatic rings. The van der Waals surface area contributed by atoms with Crippen LogP contribution in [0.1, 0.15) is 12.0 Å². The molecule has 0 fully saturated rings. The van der Waals surface area contributed by atoms with Crippen molar-refractivity contribution in [2.24, 2.45) is 7.05 Å². The molecule has 0 atom stereocenters. The summed E-state index contributed by atoms with van der Waals surface area (Å²) in [6, 6.07) is 13.4. The van der Waals surface area contributed by atoms with E-state index in [4.69, 9.17) is 9.47 Å². The van der Waals surface area contributed by atoms with Crippen LogP contribution in [-0.2, 0) is 18.3 Å². The van der Waals surface area contributed by atoms with Gasteiger partial charge in [0, 0.05) is 36.4 Å². The number of benzene rings is 2. The Bertz CT molecular complexity index is 938. The van der Waals surface area contributed by atoms with Crippen molar-refractivity contribution in [1.29, 1.82) is 0 Å². The zero-order chi connectivity index (χ0) is 19.9. The summed E-state index contributed by atoms with van der Waals surface area (Å²) in [5.74, 6) is 1.32. The Balaban J connectivity index is 1.53. The maximum Gasteiger partial charge on any atom is 0.224 e. The van der Waals surface area contributed by atoms with Crippen LogP contribution in [-0.4, -0.2) is 29.7 Å². The molecule has 0 radical (unpaired) electrons. The number of aromatic nitrogens is 2. The highest BCUT2D eigenvalue weighted by molar-refractivity contribution is 7.99. The predicted molar refractivity (Wildman–Crippen MR) is 110 cm³/mol. The molecule has 7 heteroatoms. The van der Waals surface area contributed by atoms with Gasteiger partial charge in [0.1, 0.15) is 0 Å². The Labute approximate surface area is 168 Å².